The topological polar surface area (TPSA) is 62.7 Å². The summed E-state index contributed by atoms with van der Waals surface area (Å²) in [7, 11) is 0. The van der Waals surface area contributed by atoms with E-state index >= 15 is 0 Å². The molecule has 0 aromatic carbocycles. The minimum atomic E-state index is -0.882. The molecule has 20 heavy (non-hydrogen) atoms. The van der Waals surface area contributed by atoms with E-state index in [2.05, 4.69) is 9.88 Å². The summed E-state index contributed by atoms with van der Waals surface area (Å²) in [6, 6.07) is 0.551. The molecular formula is C14H20N2O3S. The number of thiazole rings is 1. The van der Waals surface area contributed by atoms with Crippen LogP contribution in [0.15, 0.2) is 0 Å². The molecule has 110 valence electrons. The van der Waals surface area contributed by atoms with Crippen LogP contribution in [0.5, 0.6) is 0 Å². The highest BCUT2D eigenvalue weighted by atomic mass is 32.1. The molecule has 1 aromatic rings. The van der Waals surface area contributed by atoms with Crippen LogP contribution in [0.4, 0.5) is 0 Å². The normalized spacial score (nSPS) is 26.9. The Morgan fingerprint density at radius 2 is 2.35 bits per heavy atom. The van der Waals surface area contributed by atoms with E-state index in [0.29, 0.717) is 16.6 Å². The fourth-order valence-electron chi connectivity index (χ4n) is 3.00. The number of nitrogens with zero attached hydrogens (tertiary/aromatic N) is 2. The molecule has 6 heteroatoms. The van der Waals surface area contributed by atoms with Gasteiger partial charge in [-0.3, -0.25) is 4.90 Å². The number of aromatic nitrogens is 1. The van der Waals surface area contributed by atoms with Crippen LogP contribution in [0.2, 0.25) is 0 Å². The average Bonchev–Trinajstić information content (AvgIpc) is 3.04. The molecule has 0 aliphatic carbocycles. The number of ether oxygens (including phenoxy) is 1. The number of hydrogen-bond donors (Lipinski definition) is 1. The molecule has 2 fully saturated rings. The van der Waals surface area contributed by atoms with Crippen LogP contribution in [0.1, 0.15) is 59.1 Å². The first-order chi connectivity index (χ1) is 9.56. The number of carbonyl (C=O) groups is 1. The molecule has 0 bridgehead atoms. The van der Waals surface area contributed by atoms with Gasteiger partial charge in [-0.2, -0.15) is 0 Å². The van der Waals surface area contributed by atoms with Gasteiger partial charge in [0.15, 0.2) is 0 Å². The van der Waals surface area contributed by atoms with Crippen LogP contribution >= 0.6 is 11.3 Å². The summed E-state index contributed by atoms with van der Waals surface area (Å²) in [5.74, 6) is -0.762. The summed E-state index contributed by atoms with van der Waals surface area (Å²) >= 11 is 1.27. The van der Waals surface area contributed by atoms with E-state index in [1.165, 1.54) is 24.2 Å². The highest BCUT2D eigenvalue weighted by Crippen LogP contribution is 2.34. The second-order valence-electron chi connectivity index (χ2n) is 5.84. The first kappa shape index (κ1) is 14.0. The van der Waals surface area contributed by atoms with Crippen molar-refractivity contribution in [2.45, 2.75) is 44.8 Å². The van der Waals surface area contributed by atoms with Crippen LogP contribution in [0, 0.1) is 0 Å². The Morgan fingerprint density at radius 3 is 3.00 bits per heavy atom. The number of carboxylic acid groups (broad SMARTS) is 1. The predicted octanol–water partition coefficient (Wildman–Crippen LogP) is 2.50. The summed E-state index contributed by atoms with van der Waals surface area (Å²) in [5.41, 5.74) is 0.685. The van der Waals surface area contributed by atoms with Gasteiger partial charge in [-0.15, -0.1) is 11.3 Å². The maximum Gasteiger partial charge on any atom is 0.347 e. The Balaban J connectivity index is 1.83. The molecule has 0 amide bonds. The molecule has 2 saturated heterocycles. The third-order valence-corrected chi connectivity index (χ3v) is 5.23. The first-order valence-corrected chi connectivity index (χ1v) is 7.97. The monoisotopic (exact) mass is 296 g/mol. The lowest BCUT2D eigenvalue weighted by Crippen LogP contribution is -2.42. The molecule has 2 unspecified atom stereocenters. The lowest BCUT2D eigenvalue weighted by atomic mass is 10.1. The lowest BCUT2D eigenvalue weighted by molar-refractivity contribution is -0.0502. The second-order valence-corrected chi connectivity index (χ2v) is 6.87. The molecular weight excluding hydrogens is 276 g/mol. The Morgan fingerprint density at radius 1 is 1.55 bits per heavy atom. The molecule has 1 N–H and O–H groups in total. The van der Waals surface area contributed by atoms with Gasteiger partial charge in [0.1, 0.15) is 16.0 Å². The number of carboxylic acids is 1. The van der Waals surface area contributed by atoms with Gasteiger partial charge in [-0.05, 0) is 25.3 Å². The summed E-state index contributed by atoms with van der Waals surface area (Å²) < 4.78 is 5.92. The van der Waals surface area contributed by atoms with Gasteiger partial charge >= 0.3 is 5.97 Å². The van der Waals surface area contributed by atoms with Gasteiger partial charge in [-0.1, -0.05) is 13.8 Å². The van der Waals surface area contributed by atoms with Gasteiger partial charge in [0.05, 0.1) is 12.3 Å². The number of aromatic carboxylic acids is 1. The number of rotatable bonds is 3. The molecule has 3 rings (SSSR count). The van der Waals surface area contributed by atoms with Crippen molar-refractivity contribution in [2.24, 2.45) is 0 Å². The van der Waals surface area contributed by atoms with E-state index in [1.807, 2.05) is 13.8 Å². The minimum Gasteiger partial charge on any atom is -0.477 e. The van der Waals surface area contributed by atoms with E-state index in [4.69, 9.17) is 4.74 Å². The summed E-state index contributed by atoms with van der Waals surface area (Å²) in [5, 5.41) is 10.1. The van der Waals surface area contributed by atoms with Gasteiger partial charge in [0.25, 0.3) is 0 Å². The Hall–Kier alpha value is -0.980. The van der Waals surface area contributed by atoms with E-state index in [0.717, 1.165) is 24.7 Å². The second kappa shape index (κ2) is 5.42. The molecule has 0 saturated carbocycles. The number of fused-ring (bicyclic) bond motifs is 1. The maximum atomic E-state index is 11.3. The van der Waals surface area contributed by atoms with E-state index in [9.17, 15) is 9.90 Å². The van der Waals surface area contributed by atoms with Crippen LogP contribution in [-0.2, 0) is 4.74 Å². The van der Waals surface area contributed by atoms with Crippen molar-refractivity contribution >= 4 is 17.3 Å². The predicted molar refractivity (Wildman–Crippen MR) is 76.5 cm³/mol. The zero-order valence-electron chi connectivity index (χ0n) is 11.8. The summed E-state index contributed by atoms with van der Waals surface area (Å²) in [4.78, 5) is 18.7. The molecule has 2 aliphatic rings. The zero-order chi connectivity index (χ0) is 14.3. The molecule has 2 aliphatic heterocycles. The largest absolute Gasteiger partial charge is 0.477 e. The lowest BCUT2D eigenvalue weighted by Gasteiger charge is -2.34. The molecule has 3 heterocycles. The maximum absolute atomic E-state index is 11.3. The highest BCUT2D eigenvalue weighted by Gasteiger charge is 2.35. The number of morpholine rings is 1. The Kier molecular flexibility index (Phi) is 3.79. The van der Waals surface area contributed by atoms with Crippen LogP contribution < -0.4 is 0 Å². The third kappa shape index (κ3) is 2.47. The molecule has 0 spiro atoms. The van der Waals surface area contributed by atoms with Gasteiger partial charge in [0.2, 0.25) is 0 Å². The Bertz CT molecular complexity index is 515. The van der Waals surface area contributed by atoms with Crippen molar-refractivity contribution in [3.8, 4) is 0 Å². The summed E-state index contributed by atoms with van der Waals surface area (Å²) in [6.45, 7) is 6.66. The van der Waals surface area contributed by atoms with Gasteiger partial charge in [0, 0.05) is 12.6 Å². The van der Waals surface area contributed by atoms with Crippen LogP contribution in [0.25, 0.3) is 0 Å². The molecule has 5 nitrogen and oxygen atoms in total. The first-order valence-electron chi connectivity index (χ1n) is 7.16. The van der Waals surface area contributed by atoms with Crippen molar-refractivity contribution in [1.29, 1.82) is 0 Å². The van der Waals surface area contributed by atoms with E-state index < -0.39 is 5.97 Å². The van der Waals surface area contributed by atoms with E-state index in [-0.39, 0.29) is 12.0 Å². The van der Waals surface area contributed by atoms with Gasteiger partial charge in [-0.25, -0.2) is 9.78 Å². The van der Waals surface area contributed by atoms with Crippen LogP contribution in [-0.4, -0.2) is 46.7 Å². The smallest absolute Gasteiger partial charge is 0.347 e. The standard InChI is InChI=1S/C14H20N2O3S/c1-8(2)11-12(14(17)18)20-13(15-11)10-6-16-5-3-4-9(16)7-19-10/h8-10H,3-7H2,1-2H3,(H,17,18). The van der Waals surface area contributed by atoms with Crippen LogP contribution in [0.3, 0.4) is 0 Å². The quantitative estimate of drug-likeness (QED) is 0.928. The highest BCUT2D eigenvalue weighted by molar-refractivity contribution is 7.13. The van der Waals surface area contributed by atoms with Crippen molar-refractivity contribution < 1.29 is 14.6 Å². The Labute approximate surface area is 122 Å². The van der Waals surface area contributed by atoms with Crippen molar-refractivity contribution in [2.75, 3.05) is 19.7 Å². The molecule has 2 atom stereocenters. The molecule has 1 aromatic heterocycles. The fourth-order valence-corrected chi connectivity index (χ4v) is 4.10. The van der Waals surface area contributed by atoms with Crippen molar-refractivity contribution in [3.05, 3.63) is 15.6 Å². The SMILES string of the molecule is CC(C)c1nc(C2CN3CCCC3CO2)sc1C(=O)O. The fraction of sp³-hybridized carbons (Fsp3) is 0.714. The molecule has 0 radical (unpaired) electrons. The zero-order valence-corrected chi connectivity index (χ0v) is 12.7. The van der Waals surface area contributed by atoms with Crippen molar-refractivity contribution in [1.82, 2.24) is 9.88 Å². The van der Waals surface area contributed by atoms with E-state index in [1.54, 1.807) is 0 Å². The number of hydrogen-bond acceptors (Lipinski definition) is 5. The average molecular weight is 296 g/mol. The minimum absolute atomic E-state index is 0.0695. The van der Waals surface area contributed by atoms with Gasteiger partial charge < -0.3 is 9.84 Å². The summed E-state index contributed by atoms with van der Waals surface area (Å²) in [6.07, 6.45) is 2.37. The third-order valence-electron chi connectivity index (χ3n) is 4.08. The van der Waals surface area contributed by atoms with Crippen molar-refractivity contribution in [3.63, 3.8) is 0 Å².